The van der Waals surface area contributed by atoms with Gasteiger partial charge in [0.1, 0.15) is 5.82 Å². The molecule has 0 unspecified atom stereocenters. The first-order valence-corrected chi connectivity index (χ1v) is 11.4. The minimum atomic E-state index is -0.226. The summed E-state index contributed by atoms with van der Waals surface area (Å²) in [5.41, 5.74) is 3.58. The highest BCUT2D eigenvalue weighted by Gasteiger charge is 2.17. The Balaban J connectivity index is 1.48. The van der Waals surface area contributed by atoms with E-state index in [1.807, 2.05) is 36.4 Å². The predicted octanol–water partition coefficient (Wildman–Crippen LogP) is 4.75. The first kappa shape index (κ1) is 23.9. The molecular formula is C28H29N3O4. The number of ether oxygens (including phenoxy) is 3. The molecule has 180 valence electrons. The Morgan fingerprint density at radius 3 is 2.31 bits per heavy atom. The van der Waals surface area contributed by atoms with Gasteiger partial charge < -0.3 is 24.1 Å². The van der Waals surface area contributed by atoms with Gasteiger partial charge in [-0.2, -0.15) is 0 Å². The van der Waals surface area contributed by atoms with E-state index in [4.69, 9.17) is 19.2 Å². The molecule has 35 heavy (non-hydrogen) atoms. The zero-order chi connectivity index (χ0) is 24.6. The lowest BCUT2D eigenvalue weighted by molar-refractivity contribution is 0.0953. The summed E-state index contributed by atoms with van der Waals surface area (Å²) < 4.78 is 18.2. The third-order valence-electron chi connectivity index (χ3n) is 5.69. The second kappa shape index (κ2) is 11.2. The van der Waals surface area contributed by atoms with E-state index in [1.54, 1.807) is 12.1 Å². The zero-order valence-corrected chi connectivity index (χ0v) is 20.2. The van der Waals surface area contributed by atoms with Crippen LogP contribution in [-0.4, -0.2) is 43.3 Å². The summed E-state index contributed by atoms with van der Waals surface area (Å²) >= 11 is 0. The largest absolute Gasteiger partial charge is 0.493 e. The van der Waals surface area contributed by atoms with Crippen molar-refractivity contribution in [1.29, 1.82) is 0 Å². The SMILES string of the molecule is COc1cc(C(=O)NCCc2nc3ccccc3n2C/C=C/c2ccccc2)cc(OC)c1OC. The molecule has 4 rings (SSSR count). The van der Waals surface area contributed by atoms with Crippen molar-refractivity contribution < 1.29 is 19.0 Å². The average Bonchev–Trinajstić information content (AvgIpc) is 3.25. The third-order valence-corrected chi connectivity index (χ3v) is 5.69. The molecule has 1 aromatic heterocycles. The number of carbonyl (C=O) groups excluding carboxylic acids is 1. The van der Waals surface area contributed by atoms with Gasteiger partial charge in [0.15, 0.2) is 11.5 Å². The fraction of sp³-hybridized carbons (Fsp3) is 0.214. The van der Waals surface area contributed by atoms with Crippen LogP contribution in [-0.2, 0) is 13.0 Å². The number of hydrogen-bond donors (Lipinski definition) is 1. The van der Waals surface area contributed by atoms with Gasteiger partial charge in [-0.1, -0.05) is 54.6 Å². The molecule has 0 saturated heterocycles. The number of nitrogens with zero attached hydrogens (tertiary/aromatic N) is 2. The predicted molar refractivity (Wildman–Crippen MR) is 137 cm³/mol. The summed E-state index contributed by atoms with van der Waals surface area (Å²) in [5.74, 6) is 2.00. The highest BCUT2D eigenvalue weighted by molar-refractivity contribution is 5.95. The molecule has 7 heteroatoms. The highest BCUT2D eigenvalue weighted by atomic mass is 16.5. The Morgan fingerprint density at radius 1 is 0.943 bits per heavy atom. The molecule has 4 aromatic rings. The lowest BCUT2D eigenvalue weighted by Gasteiger charge is -2.14. The molecule has 7 nitrogen and oxygen atoms in total. The molecule has 1 amide bonds. The number of methoxy groups -OCH3 is 3. The second-order valence-electron chi connectivity index (χ2n) is 7.86. The van der Waals surface area contributed by atoms with Crippen LogP contribution in [0.5, 0.6) is 17.2 Å². The van der Waals surface area contributed by atoms with Crippen LogP contribution in [0.25, 0.3) is 17.1 Å². The molecule has 3 aromatic carbocycles. The number of hydrogen-bond acceptors (Lipinski definition) is 5. The van der Waals surface area contributed by atoms with Crippen LogP contribution in [0, 0.1) is 0 Å². The normalized spacial score (nSPS) is 11.1. The third kappa shape index (κ3) is 5.46. The fourth-order valence-corrected chi connectivity index (χ4v) is 3.98. The van der Waals surface area contributed by atoms with Crippen molar-refractivity contribution in [2.24, 2.45) is 0 Å². The van der Waals surface area contributed by atoms with Crippen LogP contribution in [0.15, 0.2) is 72.8 Å². The molecule has 0 spiro atoms. The van der Waals surface area contributed by atoms with Gasteiger partial charge >= 0.3 is 0 Å². The molecule has 0 saturated carbocycles. The summed E-state index contributed by atoms with van der Waals surface area (Å²) in [7, 11) is 4.58. The number of imidazole rings is 1. The molecule has 0 aliphatic carbocycles. The smallest absolute Gasteiger partial charge is 0.251 e. The van der Waals surface area contributed by atoms with Crippen LogP contribution < -0.4 is 19.5 Å². The van der Waals surface area contributed by atoms with Crippen LogP contribution in [0.2, 0.25) is 0 Å². The van der Waals surface area contributed by atoms with Crippen molar-refractivity contribution in [3.63, 3.8) is 0 Å². The van der Waals surface area contributed by atoms with Gasteiger partial charge in [-0.05, 0) is 29.8 Å². The van der Waals surface area contributed by atoms with Crippen molar-refractivity contribution in [3.05, 3.63) is 89.8 Å². The number of nitrogens with one attached hydrogen (secondary N) is 1. The van der Waals surface area contributed by atoms with Gasteiger partial charge in [-0.25, -0.2) is 4.98 Å². The number of allylic oxidation sites excluding steroid dienone is 1. The monoisotopic (exact) mass is 471 g/mol. The van der Waals surface area contributed by atoms with Crippen molar-refractivity contribution in [2.75, 3.05) is 27.9 Å². The van der Waals surface area contributed by atoms with Crippen LogP contribution >= 0.6 is 0 Å². The number of amides is 1. The van der Waals surface area contributed by atoms with Gasteiger partial charge in [0.05, 0.1) is 32.4 Å². The molecule has 0 aliphatic rings. The molecule has 0 radical (unpaired) electrons. The Hall–Kier alpha value is -4.26. The fourth-order valence-electron chi connectivity index (χ4n) is 3.98. The standard InChI is InChI=1S/C28H29N3O4/c1-33-24-18-21(19-25(34-2)27(24)35-3)28(32)29-16-15-26-30-22-13-7-8-14-23(22)31(26)17-9-12-20-10-5-4-6-11-20/h4-14,18-19H,15-17H2,1-3H3,(H,29,32)/b12-9+. The summed E-state index contributed by atoms with van der Waals surface area (Å²) in [6, 6.07) is 21.5. The van der Waals surface area contributed by atoms with E-state index in [0.717, 1.165) is 22.4 Å². The summed E-state index contributed by atoms with van der Waals surface area (Å²) in [6.45, 7) is 1.12. The number of para-hydroxylation sites is 2. The van der Waals surface area contributed by atoms with Gasteiger partial charge in [0, 0.05) is 25.1 Å². The van der Waals surface area contributed by atoms with E-state index < -0.39 is 0 Å². The molecular weight excluding hydrogens is 442 g/mol. The molecule has 1 N–H and O–H groups in total. The zero-order valence-electron chi connectivity index (χ0n) is 20.2. The Bertz CT molecular complexity index is 1300. The number of benzene rings is 3. The minimum Gasteiger partial charge on any atom is -0.493 e. The lowest BCUT2D eigenvalue weighted by atomic mass is 10.1. The van der Waals surface area contributed by atoms with Crippen molar-refractivity contribution in [3.8, 4) is 17.2 Å². The summed E-state index contributed by atoms with van der Waals surface area (Å²) in [5, 5.41) is 2.98. The number of aromatic nitrogens is 2. The van der Waals surface area contributed by atoms with E-state index in [1.165, 1.54) is 21.3 Å². The number of carbonyl (C=O) groups is 1. The number of fused-ring (bicyclic) bond motifs is 1. The van der Waals surface area contributed by atoms with E-state index in [9.17, 15) is 4.79 Å². The quantitative estimate of drug-likeness (QED) is 0.361. The molecule has 0 aliphatic heterocycles. The first-order chi connectivity index (χ1) is 17.1. The van der Waals surface area contributed by atoms with Gasteiger partial charge in [-0.3, -0.25) is 4.79 Å². The van der Waals surface area contributed by atoms with Crippen LogP contribution in [0.1, 0.15) is 21.7 Å². The second-order valence-corrected chi connectivity index (χ2v) is 7.86. The Kier molecular flexibility index (Phi) is 7.67. The molecule has 0 fully saturated rings. The Morgan fingerprint density at radius 2 is 1.63 bits per heavy atom. The summed E-state index contributed by atoms with van der Waals surface area (Å²) in [6.07, 6.45) is 4.82. The van der Waals surface area contributed by atoms with Crippen molar-refractivity contribution in [2.45, 2.75) is 13.0 Å². The van der Waals surface area contributed by atoms with E-state index in [2.05, 4.69) is 40.2 Å². The summed E-state index contributed by atoms with van der Waals surface area (Å²) in [4.78, 5) is 17.7. The van der Waals surface area contributed by atoms with Crippen molar-refractivity contribution in [1.82, 2.24) is 14.9 Å². The molecule has 0 bridgehead atoms. The maximum atomic E-state index is 12.9. The van der Waals surface area contributed by atoms with Crippen LogP contribution in [0.3, 0.4) is 0 Å². The van der Waals surface area contributed by atoms with E-state index in [-0.39, 0.29) is 5.91 Å². The van der Waals surface area contributed by atoms with Crippen LogP contribution in [0.4, 0.5) is 0 Å². The number of rotatable bonds is 10. The van der Waals surface area contributed by atoms with E-state index >= 15 is 0 Å². The lowest BCUT2D eigenvalue weighted by Crippen LogP contribution is -2.26. The van der Waals surface area contributed by atoms with Crippen molar-refractivity contribution >= 4 is 23.0 Å². The first-order valence-electron chi connectivity index (χ1n) is 11.4. The Labute approximate surface area is 205 Å². The van der Waals surface area contributed by atoms with E-state index in [0.29, 0.717) is 42.3 Å². The topological polar surface area (TPSA) is 74.6 Å². The molecule has 1 heterocycles. The maximum absolute atomic E-state index is 12.9. The highest BCUT2D eigenvalue weighted by Crippen LogP contribution is 2.38. The minimum absolute atomic E-state index is 0.226. The molecule has 0 atom stereocenters. The average molecular weight is 472 g/mol. The van der Waals surface area contributed by atoms with Gasteiger partial charge in [0.2, 0.25) is 5.75 Å². The maximum Gasteiger partial charge on any atom is 0.251 e. The van der Waals surface area contributed by atoms with Gasteiger partial charge in [0.25, 0.3) is 5.91 Å². The van der Waals surface area contributed by atoms with Gasteiger partial charge in [-0.15, -0.1) is 0 Å².